The summed E-state index contributed by atoms with van der Waals surface area (Å²) < 4.78 is 0. The molecule has 1 fully saturated rings. The lowest BCUT2D eigenvalue weighted by molar-refractivity contribution is -0.144. The summed E-state index contributed by atoms with van der Waals surface area (Å²) in [6.45, 7) is 12.5. The zero-order valence-corrected chi connectivity index (χ0v) is 9.55. The van der Waals surface area contributed by atoms with Gasteiger partial charge >= 0.3 is 5.97 Å². The third-order valence-corrected chi connectivity index (χ3v) is 3.50. The number of rotatable bonds is 1. The van der Waals surface area contributed by atoms with Crippen LogP contribution in [0.4, 0.5) is 0 Å². The van der Waals surface area contributed by atoms with Crippen LogP contribution in [0.15, 0.2) is 12.2 Å². The molecular weight excluding hydrogens is 176 g/mol. The first-order valence-corrected chi connectivity index (χ1v) is 5.09. The first kappa shape index (κ1) is 11.3. The van der Waals surface area contributed by atoms with Gasteiger partial charge in [-0.05, 0) is 23.7 Å². The molecule has 0 aliphatic heterocycles. The molecule has 1 N–H and O–H groups in total. The van der Waals surface area contributed by atoms with Crippen molar-refractivity contribution in [3.63, 3.8) is 0 Å². The summed E-state index contributed by atoms with van der Waals surface area (Å²) >= 11 is 0. The van der Waals surface area contributed by atoms with Gasteiger partial charge in [0.15, 0.2) is 0 Å². The maximum absolute atomic E-state index is 11.0. The van der Waals surface area contributed by atoms with E-state index in [2.05, 4.69) is 34.3 Å². The first-order valence-electron chi connectivity index (χ1n) is 5.09. The van der Waals surface area contributed by atoms with Gasteiger partial charge < -0.3 is 5.11 Å². The van der Waals surface area contributed by atoms with Crippen molar-refractivity contribution in [3.05, 3.63) is 12.2 Å². The van der Waals surface area contributed by atoms with Crippen LogP contribution in [0.5, 0.6) is 0 Å². The summed E-state index contributed by atoms with van der Waals surface area (Å²) in [6, 6.07) is 0. The minimum Gasteiger partial charge on any atom is -0.481 e. The number of carbonyl (C=O) groups is 1. The Morgan fingerprint density at radius 2 is 1.64 bits per heavy atom. The zero-order chi connectivity index (χ0) is 11.1. The number of allylic oxidation sites excluding steroid dienone is 1. The van der Waals surface area contributed by atoms with Crippen molar-refractivity contribution in [2.24, 2.45) is 16.7 Å². The van der Waals surface area contributed by atoms with Crippen LogP contribution in [-0.4, -0.2) is 11.1 Å². The molecule has 0 aromatic rings. The lowest BCUT2D eigenvalue weighted by Gasteiger charge is -2.46. The Hall–Kier alpha value is -0.790. The fraction of sp³-hybridized carbons (Fsp3) is 0.750. The molecule has 0 unspecified atom stereocenters. The summed E-state index contributed by atoms with van der Waals surface area (Å²) in [4.78, 5) is 11.0. The van der Waals surface area contributed by atoms with Crippen molar-refractivity contribution in [3.8, 4) is 0 Å². The van der Waals surface area contributed by atoms with E-state index in [4.69, 9.17) is 5.11 Å². The van der Waals surface area contributed by atoms with Crippen LogP contribution in [-0.2, 0) is 4.79 Å². The van der Waals surface area contributed by atoms with E-state index >= 15 is 0 Å². The predicted octanol–water partition coefficient (Wildman–Crippen LogP) is 3.09. The average Bonchev–Trinajstić information content (AvgIpc) is 1.98. The summed E-state index contributed by atoms with van der Waals surface area (Å²) in [5.41, 5.74) is 1.08. The second-order valence-corrected chi connectivity index (χ2v) is 5.69. The summed E-state index contributed by atoms with van der Waals surface area (Å²) in [7, 11) is 0. The third-order valence-electron chi connectivity index (χ3n) is 3.50. The zero-order valence-electron chi connectivity index (χ0n) is 9.55. The monoisotopic (exact) mass is 196 g/mol. The molecule has 0 atom stereocenters. The third kappa shape index (κ3) is 1.84. The molecular formula is C12H20O2. The minimum absolute atomic E-state index is 0.0508. The van der Waals surface area contributed by atoms with Crippen LogP contribution in [0.25, 0.3) is 0 Å². The maximum Gasteiger partial charge on any atom is 0.306 e. The highest BCUT2D eigenvalue weighted by Gasteiger charge is 2.43. The van der Waals surface area contributed by atoms with Gasteiger partial charge in [-0.1, -0.05) is 39.8 Å². The Balaban J connectivity index is 2.97. The number of carboxylic acids is 1. The molecule has 1 rings (SSSR count). The Labute approximate surface area is 86.0 Å². The van der Waals surface area contributed by atoms with E-state index in [0.717, 1.165) is 0 Å². The molecule has 0 bridgehead atoms. The number of aliphatic carboxylic acids is 1. The maximum atomic E-state index is 11.0. The highest BCUT2D eigenvalue weighted by atomic mass is 16.4. The van der Waals surface area contributed by atoms with Crippen LogP contribution >= 0.6 is 0 Å². The molecule has 1 aliphatic carbocycles. The largest absolute Gasteiger partial charge is 0.481 e. The molecule has 0 heterocycles. The van der Waals surface area contributed by atoms with Crippen molar-refractivity contribution in [2.45, 2.75) is 40.5 Å². The van der Waals surface area contributed by atoms with E-state index in [9.17, 15) is 4.79 Å². The van der Waals surface area contributed by atoms with E-state index in [-0.39, 0.29) is 16.7 Å². The second kappa shape index (κ2) is 3.11. The van der Waals surface area contributed by atoms with Gasteiger partial charge in [0, 0.05) is 0 Å². The van der Waals surface area contributed by atoms with Gasteiger partial charge in [0.05, 0.1) is 5.92 Å². The fourth-order valence-electron chi connectivity index (χ4n) is 2.64. The Morgan fingerprint density at radius 1 is 1.29 bits per heavy atom. The van der Waals surface area contributed by atoms with Gasteiger partial charge in [0.2, 0.25) is 0 Å². The van der Waals surface area contributed by atoms with Crippen LogP contribution in [0.3, 0.4) is 0 Å². The van der Waals surface area contributed by atoms with Crippen molar-refractivity contribution in [1.82, 2.24) is 0 Å². The standard InChI is InChI=1S/C12H20O2/c1-8-11(2,3)6-9(10(13)14)7-12(8,4)5/h9H,1,6-7H2,2-5H3,(H,13,14). The fourth-order valence-corrected chi connectivity index (χ4v) is 2.64. The molecule has 0 saturated heterocycles. The van der Waals surface area contributed by atoms with Gasteiger partial charge in [0.25, 0.3) is 0 Å². The summed E-state index contributed by atoms with van der Waals surface area (Å²) in [6.07, 6.45) is 1.43. The number of carboxylic acid groups (broad SMARTS) is 1. The highest BCUT2D eigenvalue weighted by molar-refractivity contribution is 5.70. The smallest absolute Gasteiger partial charge is 0.306 e. The van der Waals surface area contributed by atoms with Gasteiger partial charge in [-0.15, -0.1) is 0 Å². The van der Waals surface area contributed by atoms with Gasteiger partial charge in [0.1, 0.15) is 0 Å². The highest BCUT2D eigenvalue weighted by Crippen LogP contribution is 2.51. The predicted molar refractivity (Wildman–Crippen MR) is 57.1 cm³/mol. The molecule has 1 aliphatic rings. The normalized spacial score (nSPS) is 26.1. The molecule has 0 aromatic carbocycles. The van der Waals surface area contributed by atoms with Crippen LogP contribution in [0.1, 0.15) is 40.5 Å². The Morgan fingerprint density at radius 3 is 1.93 bits per heavy atom. The number of hydrogen-bond donors (Lipinski definition) is 1. The topological polar surface area (TPSA) is 37.3 Å². The van der Waals surface area contributed by atoms with Gasteiger partial charge in [-0.3, -0.25) is 4.79 Å². The molecule has 0 aromatic heterocycles. The number of hydrogen-bond acceptors (Lipinski definition) is 1. The lowest BCUT2D eigenvalue weighted by Crippen LogP contribution is -2.39. The molecule has 0 spiro atoms. The Kier molecular flexibility index (Phi) is 2.51. The molecule has 0 amide bonds. The van der Waals surface area contributed by atoms with E-state index in [1.165, 1.54) is 5.57 Å². The van der Waals surface area contributed by atoms with Crippen LogP contribution < -0.4 is 0 Å². The molecule has 14 heavy (non-hydrogen) atoms. The summed E-state index contributed by atoms with van der Waals surface area (Å²) in [5, 5.41) is 9.06. The van der Waals surface area contributed by atoms with Gasteiger partial charge in [-0.25, -0.2) is 0 Å². The van der Waals surface area contributed by atoms with Crippen molar-refractivity contribution < 1.29 is 9.90 Å². The van der Waals surface area contributed by atoms with Crippen LogP contribution in [0.2, 0.25) is 0 Å². The first-order chi connectivity index (χ1) is 6.17. The van der Waals surface area contributed by atoms with Crippen molar-refractivity contribution in [1.29, 1.82) is 0 Å². The Bertz CT molecular complexity index is 254. The SMILES string of the molecule is C=C1C(C)(C)CC(C(=O)O)CC1(C)C. The van der Waals surface area contributed by atoms with E-state index in [0.29, 0.717) is 12.8 Å². The minimum atomic E-state index is -0.668. The average molecular weight is 196 g/mol. The molecule has 1 saturated carbocycles. The van der Waals surface area contributed by atoms with E-state index in [1.807, 2.05) is 0 Å². The van der Waals surface area contributed by atoms with Crippen molar-refractivity contribution >= 4 is 5.97 Å². The van der Waals surface area contributed by atoms with E-state index in [1.54, 1.807) is 0 Å². The van der Waals surface area contributed by atoms with Crippen LogP contribution in [0, 0.1) is 16.7 Å². The quantitative estimate of drug-likeness (QED) is 0.654. The van der Waals surface area contributed by atoms with Crippen molar-refractivity contribution in [2.75, 3.05) is 0 Å². The molecule has 80 valence electrons. The molecule has 0 radical (unpaired) electrons. The molecule has 2 heteroatoms. The van der Waals surface area contributed by atoms with Gasteiger partial charge in [-0.2, -0.15) is 0 Å². The summed E-state index contributed by atoms with van der Waals surface area (Å²) in [5.74, 6) is -0.885. The molecule has 2 nitrogen and oxygen atoms in total. The lowest BCUT2D eigenvalue weighted by atomic mass is 9.58. The second-order valence-electron chi connectivity index (χ2n) is 5.69. The van der Waals surface area contributed by atoms with E-state index < -0.39 is 5.97 Å².